The van der Waals surface area contributed by atoms with Gasteiger partial charge in [-0.3, -0.25) is 0 Å². The first-order chi connectivity index (χ1) is 5.63. The van der Waals surface area contributed by atoms with Gasteiger partial charge in [-0.2, -0.15) is 0 Å². The van der Waals surface area contributed by atoms with Gasteiger partial charge in [-0.05, 0) is 14.0 Å². The Labute approximate surface area is 72.2 Å². The molecule has 5 nitrogen and oxygen atoms in total. The summed E-state index contributed by atoms with van der Waals surface area (Å²) < 4.78 is 0. The van der Waals surface area contributed by atoms with E-state index in [-0.39, 0.29) is 11.9 Å². The van der Waals surface area contributed by atoms with E-state index in [1.807, 2.05) is 6.92 Å². The van der Waals surface area contributed by atoms with E-state index in [1.54, 1.807) is 0 Å². The number of nitrogens with one attached hydrogen (secondary N) is 1. The number of likely N-dealkylation sites (tertiary alicyclic amines) is 1. The smallest absolute Gasteiger partial charge is 0.156 e. The van der Waals surface area contributed by atoms with Gasteiger partial charge in [0.25, 0.3) is 0 Å². The monoisotopic (exact) mass is 172 g/mol. The van der Waals surface area contributed by atoms with Gasteiger partial charge in [0.2, 0.25) is 0 Å². The summed E-state index contributed by atoms with van der Waals surface area (Å²) in [5.74, 6) is 0.240. The van der Waals surface area contributed by atoms with Gasteiger partial charge < -0.3 is 21.2 Å². The predicted octanol–water partition coefficient (Wildman–Crippen LogP) is -0.975. The van der Waals surface area contributed by atoms with Gasteiger partial charge >= 0.3 is 0 Å². The Balaban J connectivity index is 2.23. The number of nitrogens with zero attached hydrogens (tertiary/aromatic N) is 2. The zero-order valence-electron chi connectivity index (χ0n) is 7.49. The van der Waals surface area contributed by atoms with E-state index in [1.165, 1.54) is 0 Å². The van der Waals surface area contributed by atoms with Crippen molar-refractivity contribution in [2.75, 3.05) is 20.1 Å². The van der Waals surface area contributed by atoms with E-state index >= 15 is 0 Å². The molecule has 1 heterocycles. The number of hydrogen-bond donors (Lipinski definition) is 3. The van der Waals surface area contributed by atoms with Crippen molar-refractivity contribution in [3.8, 4) is 0 Å². The number of oxime groups is 1. The first-order valence-electron chi connectivity index (χ1n) is 4.05. The highest BCUT2D eigenvalue weighted by Crippen LogP contribution is 2.04. The minimum atomic E-state index is -0.0475. The van der Waals surface area contributed by atoms with Crippen LogP contribution in [0, 0.1) is 0 Å². The molecule has 0 amide bonds. The van der Waals surface area contributed by atoms with Crippen molar-refractivity contribution in [1.29, 1.82) is 0 Å². The molecule has 12 heavy (non-hydrogen) atoms. The quantitative estimate of drug-likeness (QED) is 0.221. The van der Waals surface area contributed by atoms with Gasteiger partial charge in [-0.25, -0.2) is 0 Å². The second kappa shape index (κ2) is 3.73. The van der Waals surface area contributed by atoms with E-state index in [9.17, 15) is 0 Å². The highest BCUT2D eigenvalue weighted by Gasteiger charge is 2.24. The Morgan fingerprint density at radius 1 is 1.75 bits per heavy atom. The number of amidine groups is 1. The highest BCUT2D eigenvalue weighted by atomic mass is 16.4. The van der Waals surface area contributed by atoms with E-state index in [0.29, 0.717) is 6.04 Å². The number of hydrogen-bond acceptors (Lipinski definition) is 4. The van der Waals surface area contributed by atoms with Gasteiger partial charge in [0, 0.05) is 19.1 Å². The van der Waals surface area contributed by atoms with E-state index < -0.39 is 0 Å². The molecule has 4 N–H and O–H groups in total. The zero-order chi connectivity index (χ0) is 9.14. The molecule has 0 aromatic heterocycles. The molecule has 5 heteroatoms. The predicted molar refractivity (Wildman–Crippen MR) is 47.3 cm³/mol. The Bertz CT molecular complexity index is 176. The fraction of sp³-hybridized carbons (Fsp3) is 0.857. The van der Waals surface area contributed by atoms with E-state index in [2.05, 4.69) is 22.4 Å². The van der Waals surface area contributed by atoms with E-state index in [0.717, 1.165) is 13.1 Å². The Morgan fingerprint density at radius 3 is 2.75 bits per heavy atom. The van der Waals surface area contributed by atoms with Gasteiger partial charge in [0.15, 0.2) is 5.84 Å². The summed E-state index contributed by atoms with van der Waals surface area (Å²) in [5, 5.41) is 14.6. The van der Waals surface area contributed by atoms with Crippen molar-refractivity contribution < 1.29 is 5.21 Å². The van der Waals surface area contributed by atoms with Crippen molar-refractivity contribution >= 4 is 5.84 Å². The third-order valence-electron chi connectivity index (χ3n) is 2.11. The maximum atomic E-state index is 8.37. The Morgan fingerprint density at radius 2 is 2.33 bits per heavy atom. The number of rotatable bonds is 3. The molecule has 0 aliphatic carbocycles. The fourth-order valence-electron chi connectivity index (χ4n) is 1.33. The molecule has 0 radical (unpaired) electrons. The van der Waals surface area contributed by atoms with Crippen LogP contribution >= 0.6 is 0 Å². The first-order valence-corrected chi connectivity index (χ1v) is 4.05. The highest BCUT2D eigenvalue weighted by molar-refractivity contribution is 5.84. The molecule has 1 rings (SSSR count). The van der Waals surface area contributed by atoms with Crippen LogP contribution in [0.25, 0.3) is 0 Å². The van der Waals surface area contributed by atoms with Crippen LogP contribution in [0.4, 0.5) is 0 Å². The number of likely N-dealkylation sites (N-methyl/N-ethyl adjacent to an activating group) is 1. The molecular weight excluding hydrogens is 156 g/mol. The second-order valence-corrected chi connectivity index (χ2v) is 3.33. The minimum Gasteiger partial charge on any atom is -0.409 e. The van der Waals surface area contributed by atoms with Gasteiger partial charge in [-0.1, -0.05) is 5.16 Å². The van der Waals surface area contributed by atoms with Crippen molar-refractivity contribution in [1.82, 2.24) is 10.2 Å². The molecule has 70 valence electrons. The van der Waals surface area contributed by atoms with Crippen LogP contribution in [0.3, 0.4) is 0 Å². The lowest BCUT2D eigenvalue weighted by Gasteiger charge is -2.38. The lowest BCUT2D eigenvalue weighted by Crippen LogP contribution is -2.60. The molecule has 1 aliphatic heterocycles. The van der Waals surface area contributed by atoms with Crippen LogP contribution in [0.15, 0.2) is 5.16 Å². The summed E-state index contributed by atoms with van der Waals surface area (Å²) in [7, 11) is 2.06. The van der Waals surface area contributed by atoms with Crippen LogP contribution in [0.1, 0.15) is 6.92 Å². The molecule has 1 aliphatic rings. The van der Waals surface area contributed by atoms with E-state index in [4.69, 9.17) is 10.9 Å². The summed E-state index contributed by atoms with van der Waals surface area (Å²) >= 11 is 0. The largest absolute Gasteiger partial charge is 0.409 e. The minimum absolute atomic E-state index is 0.0475. The third kappa shape index (κ3) is 2.09. The van der Waals surface area contributed by atoms with Crippen molar-refractivity contribution in [3.63, 3.8) is 0 Å². The van der Waals surface area contributed by atoms with Gasteiger partial charge in [0.05, 0.1) is 6.04 Å². The molecule has 1 unspecified atom stereocenters. The normalized spacial score (nSPS) is 23.7. The summed E-state index contributed by atoms with van der Waals surface area (Å²) in [6.07, 6.45) is 0. The average Bonchev–Trinajstić information content (AvgIpc) is 2.00. The zero-order valence-corrected chi connectivity index (χ0v) is 7.49. The average molecular weight is 172 g/mol. The Hall–Kier alpha value is -0.810. The van der Waals surface area contributed by atoms with Crippen LogP contribution < -0.4 is 11.1 Å². The topological polar surface area (TPSA) is 73.9 Å². The lowest BCUT2D eigenvalue weighted by molar-refractivity contribution is 0.159. The van der Waals surface area contributed by atoms with Crippen molar-refractivity contribution in [2.24, 2.45) is 10.9 Å². The maximum Gasteiger partial charge on any atom is 0.156 e. The summed E-state index contributed by atoms with van der Waals surface area (Å²) in [5.41, 5.74) is 5.40. The molecule has 1 saturated heterocycles. The van der Waals surface area contributed by atoms with Gasteiger partial charge in [-0.15, -0.1) is 0 Å². The molecule has 0 saturated carbocycles. The van der Waals surface area contributed by atoms with Crippen LogP contribution in [-0.2, 0) is 0 Å². The van der Waals surface area contributed by atoms with Crippen molar-refractivity contribution in [3.05, 3.63) is 0 Å². The van der Waals surface area contributed by atoms with Crippen LogP contribution in [-0.4, -0.2) is 48.2 Å². The molecule has 0 spiro atoms. The maximum absolute atomic E-state index is 8.37. The summed E-state index contributed by atoms with van der Waals surface area (Å²) in [4.78, 5) is 2.21. The first kappa shape index (κ1) is 9.28. The molecule has 0 bridgehead atoms. The molecule has 0 aromatic carbocycles. The van der Waals surface area contributed by atoms with Crippen LogP contribution in [0.2, 0.25) is 0 Å². The molecule has 1 fully saturated rings. The molecule has 0 aromatic rings. The molecule has 1 atom stereocenters. The summed E-state index contributed by atoms with van der Waals surface area (Å²) in [6, 6.07) is 0.430. The van der Waals surface area contributed by atoms with Crippen LogP contribution in [0.5, 0.6) is 0 Å². The number of nitrogens with two attached hydrogens (primary N) is 1. The fourth-order valence-corrected chi connectivity index (χ4v) is 1.33. The third-order valence-corrected chi connectivity index (χ3v) is 2.11. The second-order valence-electron chi connectivity index (χ2n) is 3.33. The van der Waals surface area contributed by atoms with Gasteiger partial charge in [0.1, 0.15) is 0 Å². The standard InChI is InChI=1S/C7H16N4O/c1-5(7(8)10-12)9-6-3-11(2)4-6/h5-6,9,12H,3-4H2,1-2H3,(H2,8,10). The Kier molecular flexibility index (Phi) is 2.88. The van der Waals surface area contributed by atoms with Crippen molar-refractivity contribution in [2.45, 2.75) is 19.0 Å². The molecular formula is C7H16N4O. The SMILES string of the molecule is CC(NC1CN(C)C1)/C(N)=N/O. The summed E-state index contributed by atoms with van der Waals surface area (Å²) in [6.45, 7) is 3.94. The lowest BCUT2D eigenvalue weighted by atomic mass is 10.1.